The molecule has 1 N–H and O–H groups in total. The number of hydrogen-bond acceptors (Lipinski definition) is 6. The number of halogens is 2. The van der Waals surface area contributed by atoms with E-state index in [9.17, 15) is 8.78 Å². The van der Waals surface area contributed by atoms with Crippen LogP contribution in [0.1, 0.15) is 41.5 Å². The molecule has 8 nitrogen and oxygen atoms in total. The highest BCUT2D eigenvalue weighted by molar-refractivity contribution is 5.56. The van der Waals surface area contributed by atoms with Crippen molar-refractivity contribution in [3.05, 3.63) is 59.3 Å². The van der Waals surface area contributed by atoms with Crippen molar-refractivity contribution in [3.8, 4) is 0 Å². The topological polar surface area (TPSA) is 88.1 Å². The number of hydrogen-bond donors (Lipinski definition) is 1. The quantitative estimate of drug-likeness (QED) is 0.583. The molecule has 0 amide bonds. The Morgan fingerprint density at radius 3 is 2.93 bits per heavy atom. The van der Waals surface area contributed by atoms with Crippen molar-refractivity contribution in [3.63, 3.8) is 0 Å². The molecule has 28 heavy (non-hydrogen) atoms. The third-order valence-electron chi connectivity index (χ3n) is 4.97. The van der Waals surface area contributed by atoms with E-state index >= 15 is 0 Å². The Labute approximate surface area is 158 Å². The van der Waals surface area contributed by atoms with Crippen LogP contribution in [0.4, 0.5) is 14.8 Å². The summed E-state index contributed by atoms with van der Waals surface area (Å²) in [5, 5.41) is 12.1. The maximum Gasteiger partial charge on any atom is 0.321 e. The molecule has 1 unspecified atom stereocenters. The average Bonchev–Trinajstić information content (AvgIpc) is 3.38. The van der Waals surface area contributed by atoms with E-state index in [1.165, 1.54) is 0 Å². The number of H-pyrrole nitrogens is 1. The summed E-state index contributed by atoms with van der Waals surface area (Å²) in [5.74, 6) is -3.91. The van der Waals surface area contributed by atoms with Gasteiger partial charge in [0.15, 0.2) is 0 Å². The number of aryl methyl sites for hydroxylation is 1. The highest BCUT2D eigenvalue weighted by atomic mass is 19.3. The molecule has 4 aromatic heterocycles. The molecule has 4 aromatic rings. The van der Waals surface area contributed by atoms with Crippen LogP contribution in [-0.4, -0.2) is 36.3 Å². The van der Waals surface area contributed by atoms with Gasteiger partial charge in [0.2, 0.25) is 0 Å². The summed E-state index contributed by atoms with van der Waals surface area (Å²) in [7, 11) is 0. The van der Waals surface area contributed by atoms with Gasteiger partial charge < -0.3 is 14.3 Å². The SMILES string of the molecule is Cc1cccn2nc(C3c4nc[nH]c4CCN3c3nnc(C(C)(F)F)o3)cc12. The van der Waals surface area contributed by atoms with Crippen LogP contribution < -0.4 is 4.90 Å². The van der Waals surface area contributed by atoms with E-state index in [4.69, 9.17) is 9.52 Å². The first-order valence-corrected chi connectivity index (χ1v) is 8.87. The van der Waals surface area contributed by atoms with Gasteiger partial charge in [0.25, 0.3) is 5.89 Å². The van der Waals surface area contributed by atoms with E-state index < -0.39 is 17.9 Å². The van der Waals surface area contributed by atoms with Crippen molar-refractivity contribution in [2.24, 2.45) is 0 Å². The lowest BCUT2D eigenvalue weighted by molar-refractivity contribution is -0.0107. The third kappa shape index (κ3) is 2.55. The Hall–Kier alpha value is -3.30. The molecule has 1 aliphatic heterocycles. The molecule has 144 valence electrons. The zero-order chi connectivity index (χ0) is 19.5. The molecule has 10 heteroatoms. The first kappa shape index (κ1) is 16.8. The van der Waals surface area contributed by atoms with Gasteiger partial charge in [-0.25, -0.2) is 9.50 Å². The minimum atomic E-state index is -3.20. The summed E-state index contributed by atoms with van der Waals surface area (Å²) in [6.45, 7) is 3.24. The highest BCUT2D eigenvalue weighted by Crippen LogP contribution is 2.37. The Balaban J connectivity index is 1.64. The summed E-state index contributed by atoms with van der Waals surface area (Å²) in [5.41, 5.74) is 4.53. The van der Waals surface area contributed by atoms with Gasteiger partial charge in [0.05, 0.1) is 23.2 Å². The molecule has 1 atom stereocenters. The second-order valence-electron chi connectivity index (χ2n) is 6.98. The lowest BCUT2D eigenvalue weighted by Gasteiger charge is -2.32. The molecule has 0 saturated heterocycles. The van der Waals surface area contributed by atoms with Crippen molar-refractivity contribution in [2.75, 3.05) is 11.4 Å². The van der Waals surface area contributed by atoms with E-state index in [2.05, 4.69) is 20.2 Å². The van der Waals surface area contributed by atoms with E-state index in [-0.39, 0.29) is 6.01 Å². The normalized spacial score (nSPS) is 17.3. The minimum Gasteiger partial charge on any atom is -0.401 e. The summed E-state index contributed by atoms with van der Waals surface area (Å²) in [6.07, 6.45) is 4.15. The number of rotatable bonds is 3. The Kier molecular flexibility index (Phi) is 3.52. The molecule has 0 fully saturated rings. The van der Waals surface area contributed by atoms with Crippen molar-refractivity contribution in [2.45, 2.75) is 32.2 Å². The van der Waals surface area contributed by atoms with E-state index in [0.717, 1.165) is 35.1 Å². The molecule has 0 spiro atoms. The zero-order valence-electron chi connectivity index (χ0n) is 15.2. The number of nitrogens with one attached hydrogen (secondary N) is 1. The molecule has 0 bridgehead atoms. The van der Waals surface area contributed by atoms with E-state index in [0.29, 0.717) is 13.0 Å². The van der Waals surface area contributed by atoms with Crippen LogP contribution in [0.15, 0.2) is 35.1 Å². The molecular weight excluding hydrogens is 368 g/mol. The summed E-state index contributed by atoms with van der Waals surface area (Å²) in [4.78, 5) is 9.38. The van der Waals surface area contributed by atoms with Crippen LogP contribution in [0, 0.1) is 6.92 Å². The number of aromatic amines is 1. The van der Waals surface area contributed by atoms with Crippen molar-refractivity contribution >= 4 is 11.5 Å². The number of nitrogens with zero attached hydrogens (tertiary/aromatic N) is 6. The average molecular weight is 385 g/mol. The van der Waals surface area contributed by atoms with Crippen molar-refractivity contribution in [1.82, 2.24) is 29.8 Å². The van der Waals surface area contributed by atoms with Gasteiger partial charge in [-0.1, -0.05) is 11.2 Å². The van der Waals surface area contributed by atoms with Crippen molar-refractivity contribution in [1.29, 1.82) is 0 Å². The first-order valence-electron chi connectivity index (χ1n) is 8.87. The fourth-order valence-electron chi connectivity index (χ4n) is 3.60. The van der Waals surface area contributed by atoms with E-state index in [1.807, 2.05) is 31.3 Å². The van der Waals surface area contributed by atoms with Gasteiger partial charge in [0, 0.05) is 31.8 Å². The number of aromatic nitrogens is 6. The Bertz CT molecular complexity index is 1160. The number of pyridine rings is 1. The van der Waals surface area contributed by atoms with Crippen LogP contribution >= 0.6 is 0 Å². The molecule has 5 rings (SSSR count). The fraction of sp³-hybridized carbons (Fsp3) is 0.333. The lowest BCUT2D eigenvalue weighted by atomic mass is 10.00. The first-order chi connectivity index (χ1) is 13.4. The van der Waals surface area contributed by atoms with Gasteiger partial charge in [-0.2, -0.15) is 13.9 Å². The van der Waals surface area contributed by atoms with E-state index in [1.54, 1.807) is 15.7 Å². The second-order valence-corrected chi connectivity index (χ2v) is 6.98. The van der Waals surface area contributed by atoms with Gasteiger partial charge in [-0.15, -0.1) is 5.10 Å². The van der Waals surface area contributed by atoms with Gasteiger partial charge >= 0.3 is 11.9 Å². The predicted octanol–water partition coefficient (Wildman–Crippen LogP) is 3.01. The molecule has 5 heterocycles. The predicted molar refractivity (Wildman–Crippen MR) is 95.3 cm³/mol. The Morgan fingerprint density at radius 1 is 1.32 bits per heavy atom. The van der Waals surface area contributed by atoms with Crippen LogP contribution in [0.3, 0.4) is 0 Å². The monoisotopic (exact) mass is 385 g/mol. The summed E-state index contributed by atoms with van der Waals surface area (Å²) in [6, 6.07) is 5.51. The maximum atomic E-state index is 13.6. The lowest BCUT2D eigenvalue weighted by Crippen LogP contribution is -2.37. The summed E-state index contributed by atoms with van der Waals surface area (Å²) < 4.78 is 34.3. The number of anilines is 1. The van der Waals surface area contributed by atoms with Crippen LogP contribution in [0.2, 0.25) is 0 Å². The molecular formula is C18H17F2N7O. The molecule has 0 aromatic carbocycles. The number of imidazole rings is 1. The molecule has 0 saturated carbocycles. The third-order valence-corrected chi connectivity index (χ3v) is 4.97. The minimum absolute atomic E-state index is 0.0314. The number of fused-ring (bicyclic) bond motifs is 2. The zero-order valence-corrected chi connectivity index (χ0v) is 15.2. The van der Waals surface area contributed by atoms with Gasteiger partial charge in [-0.3, -0.25) is 0 Å². The Morgan fingerprint density at radius 2 is 2.18 bits per heavy atom. The molecule has 0 aliphatic carbocycles. The summed E-state index contributed by atoms with van der Waals surface area (Å²) >= 11 is 0. The smallest absolute Gasteiger partial charge is 0.321 e. The van der Waals surface area contributed by atoms with Gasteiger partial charge in [-0.05, 0) is 24.6 Å². The highest BCUT2D eigenvalue weighted by Gasteiger charge is 2.38. The van der Waals surface area contributed by atoms with Crippen molar-refractivity contribution < 1.29 is 13.2 Å². The van der Waals surface area contributed by atoms with Crippen LogP contribution in [0.5, 0.6) is 0 Å². The molecule has 0 radical (unpaired) electrons. The number of alkyl halides is 2. The maximum absolute atomic E-state index is 13.6. The van der Waals surface area contributed by atoms with Crippen LogP contribution in [0.25, 0.3) is 5.52 Å². The fourth-order valence-corrected chi connectivity index (χ4v) is 3.60. The molecule has 1 aliphatic rings. The van der Waals surface area contributed by atoms with Gasteiger partial charge in [0.1, 0.15) is 6.04 Å². The second kappa shape index (κ2) is 5.85. The van der Waals surface area contributed by atoms with Crippen LogP contribution in [-0.2, 0) is 12.3 Å². The largest absolute Gasteiger partial charge is 0.401 e. The standard InChI is InChI=1S/C18H17F2N7O/c1-10-4-3-6-27-13(10)8-12(25-27)15-14-11(21-9-22-14)5-7-26(15)17-24-23-16(28-17)18(2,19)20/h3-4,6,8-9,15H,5,7H2,1-2H3,(H,21,22).